The third-order valence-electron chi connectivity index (χ3n) is 2.05. The summed E-state index contributed by atoms with van der Waals surface area (Å²) in [5.41, 5.74) is 2.08. The number of halogens is 2. The van der Waals surface area contributed by atoms with Crippen molar-refractivity contribution in [2.75, 3.05) is 12.4 Å². The fraction of sp³-hybridized carbons (Fsp3) is 0.364. The highest BCUT2D eigenvalue weighted by Crippen LogP contribution is 2.22. The number of alkyl halides is 2. The molecule has 0 saturated carbocycles. The zero-order valence-electron chi connectivity index (χ0n) is 8.43. The van der Waals surface area contributed by atoms with Gasteiger partial charge >= 0.3 is 0 Å². The van der Waals surface area contributed by atoms with Gasteiger partial charge in [0.05, 0.1) is 12.4 Å². The van der Waals surface area contributed by atoms with E-state index in [1.807, 2.05) is 18.2 Å². The van der Waals surface area contributed by atoms with E-state index >= 15 is 0 Å². The molecule has 0 radical (unpaired) electrons. The zero-order chi connectivity index (χ0) is 11.3. The highest BCUT2D eigenvalue weighted by molar-refractivity contribution is 9.09. The van der Waals surface area contributed by atoms with Crippen molar-refractivity contribution in [3.63, 3.8) is 0 Å². The minimum absolute atomic E-state index is 0.170. The Morgan fingerprint density at radius 2 is 2.13 bits per heavy atom. The molecule has 4 heteroatoms. The van der Waals surface area contributed by atoms with Gasteiger partial charge in [-0.3, -0.25) is 4.79 Å². The SMILES string of the molecule is COc1cc(CC(=O)CBr)ccc1CBr. The second-order valence-corrected chi connectivity index (χ2v) is 4.25. The van der Waals surface area contributed by atoms with E-state index in [2.05, 4.69) is 31.9 Å². The highest BCUT2D eigenvalue weighted by Gasteiger charge is 2.06. The lowest BCUT2D eigenvalue weighted by Crippen LogP contribution is -2.04. The number of methoxy groups -OCH3 is 1. The minimum Gasteiger partial charge on any atom is -0.496 e. The Bertz CT molecular complexity index is 350. The molecule has 15 heavy (non-hydrogen) atoms. The molecular weight excluding hydrogens is 324 g/mol. The number of hydrogen-bond donors (Lipinski definition) is 0. The summed E-state index contributed by atoms with van der Waals surface area (Å²) in [7, 11) is 1.64. The van der Waals surface area contributed by atoms with Gasteiger partial charge in [-0.05, 0) is 11.6 Å². The van der Waals surface area contributed by atoms with E-state index in [4.69, 9.17) is 4.74 Å². The van der Waals surface area contributed by atoms with E-state index in [0.29, 0.717) is 11.8 Å². The number of ether oxygens (including phenoxy) is 1. The molecule has 0 fully saturated rings. The largest absolute Gasteiger partial charge is 0.496 e. The maximum Gasteiger partial charge on any atom is 0.147 e. The number of Topliss-reactive ketones (excluding diaryl/α,β-unsaturated/α-hetero) is 1. The van der Waals surface area contributed by atoms with Crippen LogP contribution in [0.25, 0.3) is 0 Å². The number of hydrogen-bond acceptors (Lipinski definition) is 2. The molecule has 0 aliphatic carbocycles. The Balaban J connectivity index is 2.88. The third-order valence-corrected chi connectivity index (χ3v) is 3.28. The summed E-state index contributed by atoms with van der Waals surface area (Å²) in [4.78, 5) is 11.2. The van der Waals surface area contributed by atoms with Gasteiger partial charge in [0.2, 0.25) is 0 Å². The molecular formula is C11H12Br2O2. The number of carbonyl (C=O) groups is 1. The van der Waals surface area contributed by atoms with Crippen LogP contribution >= 0.6 is 31.9 Å². The van der Waals surface area contributed by atoms with Crippen LogP contribution in [-0.2, 0) is 16.5 Å². The quantitative estimate of drug-likeness (QED) is 0.773. The number of rotatable bonds is 5. The smallest absolute Gasteiger partial charge is 0.147 e. The highest BCUT2D eigenvalue weighted by atomic mass is 79.9. The molecule has 0 aromatic heterocycles. The molecule has 1 aromatic rings. The van der Waals surface area contributed by atoms with Crippen LogP contribution in [0.3, 0.4) is 0 Å². The topological polar surface area (TPSA) is 26.3 Å². The first-order valence-electron chi connectivity index (χ1n) is 4.50. The summed E-state index contributed by atoms with van der Waals surface area (Å²) in [6, 6.07) is 5.85. The van der Waals surface area contributed by atoms with E-state index in [0.717, 1.165) is 22.2 Å². The lowest BCUT2D eigenvalue weighted by atomic mass is 10.1. The fourth-order valence-corrected chi connectivity index (χ4v) is 1.95. The first-order chi connectivity index (χ1) is 7.21. The molecule has 0 atom stereocenters. The molecule has 82 valence electrons. The van der Waals surface area contributed by atoms with Gasteiger partial charge in [0, 0.05) is 17.3 Å². The Labute approximate surface area is 106 Å². The van der Waals surface area contributed by atoms with E-state index in [1.165, 1.54) is 0 Å². The molecule has 0 aliphatic heterocycles. The first kappa shape index (κ1) is 12.7. The van der Waals surface area contributed by atoms with Crippen LogP contribution in [0, 0.1) is 0 Å². The molecule has 0 unspecified atom stereocenters. The van der Waals surface area contributed by atoms with Crippen molar-refractivity contribution in [2.45, 2.75) is 11.8 Å². The van der Waals surface area contributed by atoms with Crippen LogP contribution in [-0.4, -0.2) is 18.2 Å². The molecule has 0 aliphatic rings. The Kier molecular flexibility index (Phi) is 5.32. The average molecular weight is 336 g/mol. The van der Waals surface area contributed by atoms with Crippen LogP contribution < -0.4 is 4.74 Å². The van der Waals surface area contributed by atoms with Gasteiger partial charge in [-0.1, -0.05) is 44.0 Å². The molecule has 0 heterocycles. The Morgan fingerprint density at radius 1 is 1.40 bits per heavy atom. The second kappa shape index (κ2) is 6.28. The summed E-state index contributed by atoms with van der Waals surface area (Å²) in [6.07, 6.45) is 0.449. The Hall–Kier alpha value is -0.350. The molecule has 1 aromatic carbocycles. The summed E-state index contributed by atoms with van der Waals surface area (Å²) in [6.45, 7) is 0. The molecule has 0 bridgehead atoms. The first-order valence-corrected chi connectivity index (χ1v) is 6.75. The van der Waals surface area contributed by atoms with Crippen LogP contribution in [0.4, 0.5) is 0 Å². The van der Waals surface area contributed by atoms with Gasteiger partial charge in [0.25, 0.3) is 0 Å². The van der Waals surface area contributed by atoms with Crippen LogP contribution in [0.2, 0.25) is 0 Å². The van der Waals surface area contributed by atoms with Crippen molar-refractivity contribution >= 4 is 37.6 Å². The lowest BCUT2D eigenvalue weighted by Gasteiger charge is -2.08. The Morgan fingerprint density at radius 3 is 2.67 bits per heavy atom. The van der Waals surface area contributed by atoms with Crippen LogP contribution in [0.15, 0.2) is 18.2 Å². The van der Waals surface area contributed by atoms with Gasteiger partial charge in [-0.2, -0.15) is 0 Å². The fourth-order valence-electron chi connectivity index (χ4n) is 1.28. The van der Waals surface area contributed by atoms with Crippen molar-refractivity contribution in [3.8, 4) is 5.75 Å². The maximum absolute atomic E-state index is 11.2. The van der Waals surface area contributed by atoms with E-state index in [-0.39, 0.29) is 5.78 Å². The van der Waals surface area contributed by atoms with Crippen molar-refractivity contribution in [1.82, 2.24) is 0 Å². The van der Waals surface area contributed by atoms with Crippen molar-refractivity contribution in [1.29, 1.82) is 0 Å². The molecule has 0 amide bonds. The summed E-state index contributed by atoms with van der Waals surface area (Å²) in [5.74, 6) is 0.996. The zero-order valence-corrected chi connectivity index (χ0v) is 11.6. The van der Waals surface area contributed by atoms with Crippen LogP contribution in [0.1, 0.15) is 11.1 Å². The van der Waals surface area contributed by atoms with E-state index in [9.17, 15) is 4.79 Å². The van der Waals surface area contributed by atoms with E-state index < -0.39 is 0 Å². The molecule has 2 nitrogen and oxygen atoms in total. The molecule has 0 spiro atoms. The molecule has 0 N–H and O–H groups in total. The maximum atomic E-state index is 11.2. The summed E-state index contributed by atoms with van der Waals surface area (Å²) >= 11 is 6.53. The van der Waals surface area contributed by atoms with Gasteiger partial charge < -0.3 is 4.74 Å². The summed E-state index contributed by atoms with van der Waals surface area (Å²) in [5, 5.41) is 1.15. The standard InChI is InChI=1S/C11H12Br2O2/c1-15-11-5-8(4-10(14)7-13)2-3-9(11)6-12/h2-3,5H,4,6-7H2,1H3. The predicted octanol–water partition coefficient (Wildman–Crippen LogP) is 3.10. The second-order valence-electron chi connectivity index (χ2n) is 3.13. The monoisotopic (exact) mass is 334 g/mol. The van der Waals surface area contributed by atoms with Gasteiger partial charge in [-0.25, -0.2) is 0 Å². The molecule has 1 rings (SSSR count). The van der Waals surface area contributed by atoms with Gasteiger partial charge in [0.15, 0.2) is 0 Å². The van der Waals surface area contributed by atoms with Crippen molar-refractivity contribution < 1.29 is 9.53 Å². The van der Waals surface area contributed by atoms with Crippen LogP contribution in [0.5, 0.6) is 5.75 Å². The van der Waals surface area contributed by atoms with Crippen molar-refractivity contribution in [3.05, 3.63) is 29.3 Å². The number of carbonyl (C=O) groups excluding carboxylic acids is 1. The molecule has 0 saturated heterocycles. The van der Waals surface area contributed by atoms with Gasteiger partial charge in [0.1, 0.15) is 11.5 Å². The van der Waals surface area contributed by atoms with Crippen molar-refractivity contribution in [2.24, 2.45) is 0 Å². The van der Waals surface area contributed by atoms with E-state index in [1.54, 1.807) is 7.11 Å². The number of ketones is 1. The minimum atomic E-state index is 0.170. The normalized spacial score (nSPS) is 10.1. The predicted molar refractivity (Wildman–Crippen MR) is 68.1 cm³/mol. The summed E-state index contributed by atoms with van der Waals surface area (Å²) < 4.78 is 5.24. The lowest BCUT2D eigenvalue weighted by molar-refractivity contribution is -0.115. The number of benzene rings is 1. The van der Waals surface area contributed by atoms with Gasteiger partial charge in [-0.15, -0.1) is 0 Å². The third kappa shape index (κ3) is 3.61. The average Bonchev–Trinajstić information content (AvgIpc) is 2.28.